The van der Waals surface area contributed by atoms with Gasteiger partial charge in [-0.05, 0) is 24.3 Å². The lowest BCUT2D eigenvalue weighted by Crippen LogP contribution is -1.93. The van der Waals surface area contributed by atoms with Crippen LogP contribution in [-0.2, 0) is 0 Å². The largest absolute Gasteiger partial charge is 0.497 e. The zero-order chi connectivity index (χ0) is 18.5. The van der Waals surface area contributed by atoms with Gasteiger partial charge < -0.3 is 9.47 Å². The van der Waals surface area contributed by atoms with E-state index in [9.17, 15) is 0 Å². The van der Waals surface area contributed by atoms with Crippen molar-refractivity contribution in [2.45, 2.75) is 0 Å². The molecule has 0 saturated heterocycles. The predicted molar refractivity (Wildman–Crippen MR) is 108 cm³/mol. The summed E-state index contributed by atoms with van der Waals surface area (Å²) in [5, 5.41) is 7.79. The Balaban J connectivity index is 1.77. The van der Waals surface area contributed by atoms with Gasteiger partial charge in [0.05, 0.1) is 36.2 Å². The van der Waals surface area contributed by atoms with Crippen molar-refractivity contribution in [3.63, 3.8) is 0 Å². The van der Waals surface area contributed by atoms with Crippen LogP contribution in [0.25, 0.3) is 11.3 Å². The molecule has 2 aromatic carbocycles. The molecule has 0 aliphatic carbocycles. The molecule has 0 radical (unpaired) electrons. The van der Waals surface area contributed by atoms with E-state index in [1.165, 1.54) is 11.3 Å². The minimum atomic E-state index is 0.533. The van der Waals surface area contributed by atoms with E-state index in [1.807, 2.05) is 23.6 Å². The van der Waals surface area contributed by atoms with E-state index in [-0.39, 0.29) is 0 Å². The first-order valence-electron chi connectivity index (χ1n) is 7.53. The highest BCUT2D eigenvalue weighted by atomic mass is 35.5. The maximum absolute atomic E-state index is 6.11. The van der Waals surface area contributed by atoms with Crippen LogP contribution in [0.2, 0.25) is 10.0 Å². The summed E-state index contributed by atoms with van der Waals surface area (Å²) in [6, 6.07) is 10.9. The molecule has 0 aliphatic rings. The number of hydrogen-bond donors (Lipinski definition) is 1. The number of anilines is 1. The topological polar surface area (TPSA) is 55.7 Å². The molecule has 0 aliphatic heterocycles. The zero-order valence-corrected chi connectivity index (χ0v) is 16.3. The summed E-state index contributed by atoms with van der Waals surface area (Å²) in [7, 11) is 3.23. The zero-order valence-electron chi connectivity index (χ0n) is 14.0. The fourth-order valence-corrected chi connectivity index (χ4v) is 3.40. The lowest BCUT2D eigenvalue weighted by atomic mass is 10.1. The van der Waals surface area contributed by atoms with Crippen molar-refractivity contribution < 1.29 is 9.47 Å². The predicted octanol–water partition coefficient (Wildman–Crippen LogP) is 5.58. The molecule has 26 heavy (non-hydrogen) atoms. The second-order valence-corrected chi connectivity index (χ2v) is 6.78. The van der Waals surface area contributed by atoms with Gasteiger partial charge in [-0.15, -0.1) is 11.3 Å². The molecule has 0 saturated carbocycles. The quantitative estimate of drug-likeness (QED) is 0.427. The molecule has 3 rings (SSSR count). The number of nitrogens with zero attached hydrogens (tertiary/aromatic N) is 2. The number of hydrogen-bond acceptors (Lipinski definition) is 6. The summed E-state index contributed by atoms with van der Waals surface area (Å²) in [5.41, 5.74) is 5.19. The minimum absolute atomic E-state index is 0.533. The summed E-state index contributed by atoms with van der Waals surface area (Å²) in [4.78, 5) is 4.53. The highest BCUT2D eigenvalue weighted by Crippen LogP contribution is 2.34. The Morgan fingerprint density at radius 1 is 1.12 bits per heavy atom. The number of thiazole rings is 1. The first kappa shape index (κ1) is 18.5. The van der Waals surface area contributed by atoms with Crippen LogP contribution in [0.3, 0.4) is 0 Å². The van der Waals surface area contributed by atoms with Crippen molar-refractivity contribution in [2.75, 3.05) is 19.6 Å². The van der Waals surface area contributed by atoms with Crippen LogP contribution in [0.1, 0.15) is 5.56 Å². The van der Waals surface area contributed by atoms with Crippen molar-refractivity contribution in [2.24, 2.45) is 5.10 Å². The number of nitrogens with one attached hydrogen (secondary N) is 1. The number of benzene rings is 2. The van der Waals surface area contributed by atoms with Crippen LogP contribution in [0.5, 0.6) is 11.5 Å². The number of rotatable bonds is 6. The second-order valence-electron chi connectivity index (χ2n) is 5.11. The smallest absolute Gasteiger partial charge is 0.203 e. The van der Waals surface area contributed by atoms with Gasteiger partial charge in [0.1, 0.15) is 11.5 Å². The Kier molecular flexibility index (Phi) is 5.98. The summed E-state index contributed by atoms with van der Waals surface area (Å²) in [6.45, 7) is 0. The Hall–Kier alpha value is -2.28. The monoisotopic (exact) mass is 407 g/mol. The molecule has 134 valence electrons. The molecule has 0 fully saturated rings. The van der Waals surface area contributed by atoms with Gasteiger partial charge in [0.25, 0.3) is 0 Å². The molecule has 3 aromatic rings. The van der Waals surface area contributed by atoms with Crippen LogP contribution < -0.4 is 14.9 Å². The fraction of sp³-hybridized carbons (Fsp3) is 0.111. The number of methoxy groups -OCH3 is 2. The van der Waals surface area contributed by atoms with E-state index in [0.717, 1.165) is 17.0 Å². The number of aromatic nitrogens is 1. The first-order chi connectivity index (χ1) is 12.6. The number of hydrazone groups is 1. The normalized spacial score (nSPS) is 10.9. The fourth-order valence-electron chi connectivity index (χ4n) is 2.25. The molecular weight excluding hydrogens is 393 g/mol. The summed E-state index contributed by atoms with van der Waals surface area (Å²) >= 11 is 13.7. The Morgan fingerprint density at radius 3 is 2.58 bits per heavy atom. The van der Waals surface area contributed by atoms with Crippen LogP contribution in [0, 0.1) is 0 Å². The van der Waals surface area contributed by atoms with Gasteiger partial charge in [0, 0.05) is 22.6 Å². The van der Waals surface area contributed by atoms with Crippen molar-refractivity contribution >= 4 is 45.9 Å². The van der Waals surface area contributed by atoms with Crippen molar-refractivity contribution in [3.05, 3.63) is 57.4 Å². The van der Waals surface area contributed by atoms with Crippen LogP contribution in [0.15, 0.2) is 46.9 Å². The lowest BCUT2D eigenvalue weighted by molar-refractivity contribution is 0.395. The maximum atomic E-state index is 6.11. The van der Waals surface area contributed by atoms with Gasteiger partial charge in [-0.3, -0.25) is 5.43 Å². The molecule has 0 unspecified atom stereocenters. The average Bonchev–Trinajstić information content (AvgIpc) is 3.12. The molecule has 0 bridgehead atoms. The Labute approximate surface area is 165 Å². The van der Waals surface area contributed by atoms with Gasteiger partial charge in [0.2, 0.25) is 5.13 Å². The number of ether oxygens (including phenoxy) is 2. The molecule has 5 nitrogen and oxygen atoms in total. The second kappa shape index (κ2) is 8.40. The van der Waals surface area contributed by atoms with E-state index < -0.39 is 0 Å². The van der Waals surface area contributed by atoms with Gasteiger partial charge in [-0.2, -0.15) is 5.10 Å². The van der Waals surface area contributed by atoms with Crippen molar-refractivity contribution in [3.8, 4) is 22.8 Å². The van der Waals surface area contributed by atoms with Gasteiger partial charge in [0.15, 0.2) is 0 Å². The summed E-state index contributed by atoms with van der Waals surface area (Å²) in [5.74, 6) is 1.41. The average molecular weight is 408 g/mol. The van der Waals surface area contributed by atoms with Gasteiger partial charge in [-0.25, -0.2) is 4.98 Å². The van der Waals surface area contributed by atoms with Gasteiger partial charge >= 0.3 is 0 Å². The van der Waals surface area contributed by atoms with Crippen molar-refractivity contribution in [1.82, 2.24) is 4.98 Å². The number of halogens is 2. The molecule has 1 N–H and O–H groups in total. The van der Waals surface area contributed by atoms with Gasteiger partial charge in [-0.1, -0.05) is 29.3 Å². The highest BCUT2D eigenvalue weighted by Gasteiger charge is 2.11. The molecule has 0 spiro atoms. The lowest BCUT2D eigenvalue weighted by Gasteiger charge is -2.08. The van der Waals surface area contributed by atoms with Crippen LogP contribution in [0.4, 0.5) is 5.13 Å². The minimum Gasteiger partial charge on any atom is -0.497 e. The molecule has 0 amide bonds. The van der Waals surface area contributed by atoms with E-state index in [1.54, 1.807) is 38.6 Å². The first-order valence-corrected chi connectivity index (χ1v) is 9.17. The summed E-state index contributed by atoms with van der Waals surface area (Å²) < 4.78 is 10.6. The van der Waals surface area contributed by atoms with E-state index in [2.05, 4.69) is 15.5 Å². The van der Waals surface area contributed by atoms with Crippen LogP contribution in [-0.4, -0.2) is 25.4 Å². The van der Waals surface area contributed by atoms with E-state index in [0.29, 0.717) is 26.5 Å². The molecule has 1 heterocycles. The third kappa shape index (κ3) is 4.09. The van der Waals surface area contributed by atoms with Crippen molar-refractivity contribution in [1.29, 1.82) is 0 Å². The standard InChI is InChI=1S/C18H15Cl2N3O2S/c1-24-11-6-7-12(17(8-11)25-2)16-10-26-18(22-16)23-21-9-13-14(19)4-3-5-15(13)20/h3-10H,1-2H3,(H,22,23)/b21-9-. The van der Waals surface area contributed by atoms with E-state index in [4.69, 9.17) is 32.7 Å². The third-order valence-electron chi connectivity index (χ3n) is 3.54. The molecule has 8 heteroatoms. The molecular formula is C18H15Cl2N3O2S. The Bertz CT molecular complexity index is 924. The highest BCUT2D eigenvalue weighted by molar-refractivity contribution is 7.14. The third-order valence-corrected chi connectivity index (χ3v) is 4.95. The SMILES string of the molecule is COc1ccc(-c2csc(N/N=C\c3c(Cl)cccc3Cl)n2)c(OC)c1. The maximum Gasteiger partial charge on any atom is 0.203 e. The molecule has 1 aromatic heterocycles. The summed E-state index contributed by atoms with van der Waals surface area (Å²) in [6.07, 6.45) is 1.57. The van der Waals surface area contributed by atoms with E-state index >= 15 is 0 Å². The van der Waals surface area contributed by atoms with Crippen LogP contribution >= 0.6 is 34.5 Å². The Morgan fingerprint density at radius 2 is 1.88 bits per heavy atom. The molecule has 0 atom stereocenters.